The van der Waals surface area contributed by atoms with E-state index < -0.39 is 140 Å². The Morgan fingerprint density at radius 1 is 0.872 bits per heavy atom. The molecule has 5 heterocycles. The third-order valence-electron chi connectivity index (χ3n) is 14.0. The number of amides is 8. The zero-order valence-electron chi connectivity index (χ0n) is 42.4. The van der Waals surface area contributed by atoms with E-state index in [1.165, 1.54) is 17.6 Å². The van der Waals surface area contributed by atoms with E-state index in [4.69, 9.17) is 19.6 Å². The first kappa shape index (κ1) is 55.5. The number of aliphatic carboxylic acids is 1. The molecule has 2 aromatic heterocycles. The zero-order valence-corrected chi connectivity index (χ0v) is 42.4. The molecule has 5 atom stereocenters. The van der Waals surface area contributed by atoms with Gasteiger partial charge in [-0.15, -0.1) is 0 Å². The Morgan fingerprint density at radius 3 is 2.24 bits per heavy atom. The minimum atomic E-state index is -2.07. The predicted molar refractivity (Wildman–Crippen MR) is 268 cm³/mol. The molecule has 0 bridgehead atoms. The number of cyclic esters (lactones) is 1. The van der Waals surface area contributed by atoms with Crippen molar-refractivity contribution >= 4 is 70.1 Å². The van der Waals surface area contributed by atoms with E-state index in [0.29, 0.717) is 62.3 Å². The van der Waals surface area contributed by atoms with Crippen molar-refractivity contribution in [3.63, 3.8) is 0 Å². The van der Waals surface area contributed by atoms with Gasteiger partial charge in [0.1, 0.15) is 37.3 Å². The SMILES string of the molecule is CC[C@@]1(O)C(=O)OCc2c1cc1n(c2=O)Cc2c-1nc1cc(F)c(C)c3c1c2[C@@H](NC(=O)[C@H](C)OCNC(=O)CNC(=O)[C@H](Cc1ccccc1)NC(=O)CNC(=O)CNC(=O)C(CNCC(=O)O)N1C(=O)C=CC1=O)CC3. The van der Waals surface area contributed by atoms with Crippen LogP contribution in [0.15, 0.2) is 59.4 Å². The fourth-order valence-corrected chi connectivity index (χ4v) is 9.83. The topological polar surface area (TPSA) is 352 Å². The van der Waals surface area contributed by atoms with Crippen LogP contribution in [0.1, 0.15) is 71.7 Å². The summed E-state index contributed by atoms with van der Waals surface area (Å²) in [6.07, 6.45) is 1.33. The summed E-state index contributed by atoms with van der Waals surface area (Å²) in [6.45, 7) is 0.932. The Kier molecular flexibility index (Phi) is 16.5. The lowest BCUT2D eigenvalue weighted by Crippen LogP contribution is -2.56. The van der Waals surface area contributed by atoms with Crippen LogP contribution in [0, 0.1) is 12.7 Å². The highest BCUT2D eigenvalue weighted by atomic mass is 19.1. The maximum atomic E-state index is 15.4. The van der Waals surface area contributed by atoms with Crippen molar-refractivity contribution in [2.24, 2.45) is 0 Å². The molecule has 1 unspecified atom stereocenters. The second kappa shape index (κ2) is 23.2. The Balaban J connectivity index is 0.848. The summed E-state index contributed by atoms with van der Waals surface area (Å²) in [6, 6.07) is 7.96. The van der Waals surface area contributed by atoms with E-state index in [-0.39, 0.29) is 42.6 Å². The van der Waals surface area contributed by atoms with Crippen LogP contribution in [0.3, 0.4) is 0 Å². The molecule has 25 nitrogen and oxygen atoms in total. The van der Waals surface area contributed by atoms with Gasteiger partial charge >= 0.3 is 11.9 Å². The average Bonchev–Trinajstić information content (AvgIpc) is 4.15. The molecule has 4 aromatic rings. The number of fused-ring (bicyclic) bond motifs is 5. The fourth-order valence-electron chi connectivity index (χ4n) is 9.83. The number of nitrogens with zero attached hydrogens (tertiary/aromatic N) is 3. The van der Waals surface area contributed by atoms with Crippen molar-refractivity contribution < 1.29 is 72.0 Å². The number of esters is 1. The number of carbonyl (C=O) groups excluding carboxylic acids is 9. The number of pyridine rings is 2. The van der Waals surface area contributed by atoms with E-state index in [0.717, 1.165) is 12.2 Å². The molecule has 0 spiro atoms. The van der Waals surface area contributed by atoms with E-state index in [1.54, 1.807) is 50.2 Å². The molecule has 1 aliphatic carbocycles. The lowest BCUT2D eigenvalue weighted by Gasteiger charge is -2.31. The van der Waals surface area contributed by atoms with Crippen LogP contribution < -0.4 is 42.8 Å². The highest BCUT2D eigenvalue weighted by molar-refractivity contribution is 6.15. The third-order valence-corrected chi connectivity index (χ3v) is 14.0. The summed E-state index contributed by atoms with van der Waals surface area (Å²) in [5.74, 6) is -9.02. The maximum Gasteiger partial charge on any atom is 0.343 e. The van der Waals surface area contributed by atoms with Crippen LogP contribution in [-0.4, -0.2) is 142 Å². The van der Waals surface area contributed by atoms with Gasteiger partial charge in [0.2, 0.25) is 35.4 Å². The standard InChI is InChI=1S/C52H55FN10O15/c1-4-52(76)31-15-36-46-29(22-62(36)50(74)30(31)23-77-51(52)75)45-33(11-10-28-25(2)32(53)16-34(60-46)44(28)45)61-47(71)26(3)78-24-58-39(65)19-56-48(72)35(14-27-8-6-5-7-9-27)59-40(66)20-55-38(64)18-57-49(73)37(17-54-21-43(69)70)63-41(67)12-13-42(63)68/h5-9,12-13,15-16,26,33,35,37,54,76H,4,10-11,14,17-24H2,1-3H3,(H,55,64)(H,56,72)(H,57,73)(H,58,65)(H,59,66)(H,61,71)(H,69,70)/t26-,33-,35-,37?,52-/m0/s1. The van der Waals surface area contributed by atoms with Gasteiger partial charge in [-0.1, -0.05) is 37.3 Å². The molecule has 410 valence electrons. The quantitative estimate of drug-likeness (QED) is 0.0209. The average molecular weight is 1080 g/mol. The van der Waals surface area contributed by atoms with Gasteiger partial charge < -0.3 is 61.5 Å². The number of imide groups is 1. The van der Waals surface area contributed by atoms with E-state index in [2.05, 4.69) is 37.2 Å². The molecule has 4 aliphatic rings. The Bertz CT molecular complexity index is 3260. The molecule has 0 saturated carbocycles. The molecule has 78 heavy (non-hydrogen) atoms. The van der Waals surface area contributed by atoms with Gasteiger partial charge in [-0.3, -0.25) is 52.8 Å². The number of halogens is 1. The third kappa shape index (κ3) is 11.5. The molecule has 26 heteroatoms. The Hall–Kier alpha value is -8.75. The molecule has 8 rings (SSSR count). The van der Waals surface area contributed by atoms with Crippen molar-refractivity contribution in [1.29, 1.82) is 0 Å². The summed E-state index contributed by atoms with van der Waals surface area (Å²) in [5.41, 5.74) is 1.58. The number of benzene rings is 2. The van der Waals surface area contributed by atoms with Gasteiger partial charge in [0.05, 0.1) is 61.2 Å². The van der Waals surface area contributed by atoms with Gasteiger partial charge in [0.15, 0.2) is 5.60 Å². The second-order valence-corrected chi connectivity index (χ2v) is 18.9. The summed E-state index contributed by atoms with van der Waals surface area (Å²) >= 11 is 0. The van der Waals surface area contributed by atoms with Gasteiger partial charge in [0.25, 0.3) is 17.4 Å². The molecule has 0 fully saturated rings. The molecule has 0 radical (unpaired) electrons. The van der Waals surface area contributed by atoms with Crippen molar-refractivity contribution in [1.82, 2.24) is 51.7 Å². The number of aliphatic hydroxyl groups is 1. The number of aryl methyl sites for hydroxylation is 1. The smallest absolute Gasteiger partial charge is 0.343 e. The first-order valence-corrected chi connectivity index (χ1v) is 24.8. The fraction of sp³-hybridized carbons (Fsp3) is 0.385. The minimum Gasteiger partial charge on any atom is -0.480 e. The predicted octanol–water partition coefficient (Wildman–Crippen LogP) is -1.85. The summed E-state index contributed by atoms with van der Waals surface area (Å²) < 4.78 is 27.8. The largest absolute Gasteiger partial charge is 0.480 e. The summed E-state index contributed by atoms with van der Waals surface area (Å²) in [5, 5.41) is 38.4. The Labute approximate surface area is 442 Å². The molecule has 2 aromatic carbocycles. The van der Waals surface area contributed by atoms with Crippen LogP contribution in [-0.2, 0) is 89.0 Å². The van der Waals surface area contributed by atoms with E-state index in [1.807, 2.05) is 0 Å². The highest BCUT2D eigenvalue weighted by Gasteiger charge is 2.46. The lowest BCUT2D eigenvalue weighted by molar-refractivity contribution is -0.172. The number of hydrogen-bond donors (Lipinski definition) is 9. The van der Waals surface area contributed by atoms with Gasteiger partial charge in [-0.2, -0.15) is 0 Å². The Morgan fingerprint density at radius 2 is 1.55 bits per heavy atom. The molecular formula is C52H55FN10O15. The molecule has 8 amide bonds. The van der Waals surface area contributed by atoms with Crippen LogP contribution in [0.4, 0.5) is 4.39 Å². The first-order valence-electron chi connectivity index (χ1n) is 24.8. The molecule has 3 aliphatic heterocycles. The number of carbonyl (C=O) groups is 10. The van der Waals surface area contributed by atoms with Gasteiger partial charge in [-0.25, -0.2) is 14.2 Å². The maximum absolute atomic E-state index is 15.4. The number of carboxylic acids is 1. The van der Waals surface area contributed by atoms with Crippen LogP contribution in [0.5, 0.6) is 0 Å². The van der Waals surface area contributed by atoms with E-state index in [9.17, 15) is 57.8 Å². The van der Waals surface area contributed by atoms with Crippen molar-refractivity contribution in [2.75, 3.05) is 39.5 Å². The van der Waals surface area contributed by atoms with Crippen molar-refractivity contribution in [2.45, 2.75) is 89.4 Å². The monoisotopic (exact) mass is 1080 g/mol. The van der Waals surface area contributed by atoms with Crippen LogP contribution in [0.25, 0.3) is 22.3 Å². The number of rotatable bonds is 22. The van der Waals surface area contributed by atoms with Crippen molar-refractivity contribution in [3.8, 4) is 11.4 Å². The molecule has 0 saturated heterocycles. The number of aromatic nitrogens is 2. The number of carboxylic acid groups (broad SMARTS) is 1. The first-order chi connectivity index (χ1) is 37.2. The lowest BCUT2D eigenvalue weighted by atomic mass is 9.81. The molecular weight excluding hydrogens is 1020 g/mol. The number of ether oxygens (including phenoxy) is 2. The molecule has 9 N–H and O–H groups in total. The number of nitrogens with one attached hydrogen (secondary N) is 7. The normalized spacial score (nSPS) is 17.9. The number of hydrogen-bond acceptors (Lipinski definition) is 16. The highest BCUT2D eigenvalue weighted by Crippen LogP contribution is 2.46. The van der Waals surface area contributed by atoms with Crippen LogP contribution in [0.2, 0.25) is 0 Å². The summed E-state index contributed by atoms with van der Waals surface area (Å²) in [4.78, 5) is 147. The van der Waals surface area contributed by atoms with Gasteiger partial charge in [-0.05, 0) is 61.4 Å². The zero-order chi connectivity index (χ0) is 56.2. The van der Waals surface area contributed by atoms with Crippen LogP contribution >= 0.6 is 0 Å². The minimum absolute atomic E-state index is 0.0285. The van der Waals surface area contributed by atoms with Gasteiger partial charge in [0, 0.05) is 47.7 Å². The van der Waals surface area contributed by atoms with Crippen molar-refractivity contribution in [3.05, 3.63) is 110 Å². The van der Waals surface area contributed by atoms with E-state index >= 15 is 4.39 Å². The summed E-state index contributed by atoms with van der Waals surface area (Å²) in [7, 11) is 0. The second-order valence-electron chi connectivity index (χ2n) is 18.9.